The molecule has 8 heteroatoms. The molecule has 1 aliphatic rings. The first kappa shape index (κ1) is 23.2. The van der Waals surface area contributed by atoms with E-state index in [0.29, 0.717) is 22.7 Å². The zero-order chi connectivity index (χ0) is 22.9. The molecule has 31 heavy (non-hydrogen) atoms. The number of aryl methyl sites for hydroxylation is 2. The predicted octanol–water partition coefficient (Wildman–Crippen LogP) is 4.54. The molecule has 1 heterocycles. The summed E-state index contributed by atoms with van der Waals surface area (Å²) in [6, 6.07) is 9.27. The Hall–Kier alpha value is -2.46. The minimum Gasteiger partial charge on any atom is -0.493 e. The minimum atomic E-state index is -0.535. The Bertz CT molecular complexity index is 1110. The molecule has 3 rings (SSSR count). The highest BCUT2D eigenvalue weighted by molar-refractivity contribution is 14.1. The van der Waals surface area contributed by atoms with E-state index < -0.39 is 11.8 Å². The van der Waals surface area contributed by atoms with Crippen LogP contribution in [-0.4, -0.2) is 30.1 Å². The van der Waals surface area contributed by atoms with Gasteiger partial charge < -0.3 is 9.47 Å². The number of halogens is 1. The van der Waals surface area contributed by atoms with Crippen molar-refractivity contribution >= 4 is 63.5 Å². The van der Waals surface area contributed by atoms with E-state index in [2.05, 4.69) is 27.9 Å². The molecule has 0 saturated carbocycles. The van der Waals surface area contributed by atoms with Gasteiger partial charge in [0.15, 0.2) is 16.6 Å². The summed E-state index contributed by atoms with van der Waals surface area (Å²) in [6.45, 7) is 7.74. The third kappa shape index (κ3) is 4.90. The van der Waals surface area contributed by atoms with E-state index in [9.17, 15) is 9.59 Å². The molecule has 1 aliphatic heterocycles. The maximum absolute atomic E-state index is 13.3. The third-order valence-corrected chi connectivity index (χ3v) is 5.70. The van der Waals surface area contributed by atoms with E-state index in [1.165, 1.54) is 4.90 Å². The predicted molar refractivity (Wildman–Crippen MR) is 134 cm³/mol. The fourth-order valence-corrected chi connectivity index (χ4v) is 4.30. The van der Waals surface area contributed by atoms with Crippen LogP contribution in [0.2, 0.25) is 0 Å². The van der Waals surface area contributed by atoms with E-state index in [-0.39, 0.29) is 16.8 Å². The topological polar surface area (TPSA) is 67.9 Å². The number of carbonyl (C=O) groups is 2. The highest BCUT2D eigenvalue weighted by atomic mass is 127. The lowest BCUT2D eigenvalue weighted by molar-refractivity contribution is -0.122. The molecule has 0 bridgehead atoms. The highest BCUT2D eigenvalue weighted by Gasteiger charge is 2.35. The molecule has 0 radical (unpaired) electrons. The maximum atomic E-state index is 13.3. The summed E-state index contributed by atoms with van der Waals surface area (Å²) in [7, 11) is 1.55. The second-order valence-corrected chi connectivity index (χ2v) is 9.00. The van der Waals surface area contributed by atoms with Crippen LogP contribution in [0.25, 0.3) is 6.08 Å². The Kier molecular flexibility index (Phi) is 7.00. The molecule has 2 aromatic carbocycles. The van der Waals surface area contributed by atoms with Gasteiger partial charge in [-0.05, 0) is 97.9 Å². The van der Waals surface area contributed by atoms with Crippen molar-refractivity contribution in [2.24, 2.45) is 0 Å². The summed E-state index contributed by atoms with van der Waals surface area (Å²) >= 11 is 7.45. The van der Waals surface area contributed by atoms with Gasteiger partial charge in [0.2, 0.25) is 0 Å². The number of hydrogen-bond acceptors (Lipinski definition) is 5. The molecule has 1 saturated heterocycles. The van der Waals surface area contributed by atoms with Crippen molar-refractivity contribution < 1.29 is 19.1 Å². The van der Waals surface area contributed by atoms with Crippen molar-refractivity contribution in [2.75, 3.05) is 12.0 Å². The largest absolute Gasteiger partial charge is 0.493 e. The van der Waals surface area contributed by atoms with Crippen LogP contribution in [0.3, 0.4) is 0 Å². The molecule has 0 atom stereocenters. The van der Waals surface area contributed by atoms with Crippen molar-refractivity contribution in [1.29, 1.82) is 0 Å². The molecule has 2 aromatic rings. The quantitative estimate of drug-likeness (QED) is 0.257. The van der Waals surface area contributed by atoms with Gasteiger partial charge in [-0.15, -0.1) is 0 Å². The zero-order valence-electron chi connectivity index (χ0n) is 17.9. The number of amides is 2. The standard InChI is InChI=1S/C23H23IN2O4S/c1-12(2)30-20-17(24)10-15(11-19(20)29-5)9-16-21(27)25-23(31)26(22(16)28)18-7-6-13(3)8-14(18)4/h6-12H,1-5H3,(H,25,27,31)/b16-9+. The Labute approximate surface area is 200 Å². The number of ether oxygens (including phenoxy) is 2. The van der Waals surface area contributed by atoms with Crippen molar-refractivity contribution in [3.05, 3.63) is 56.2 Å². The molecule has 0 unspecified atom stereocenters. The number of nitrogens with zero attached hydrogens (tertiary/aromatic N) is 1. The number of nitrogens with one attached hydrogen (secondary N) is 1. The third-order valence-electron chi connectivity index (χ3n) is 4.61. The smallest absolute Gasteiger partial charge is 0.270 e. The van der Waals surface area contributed by atoms with Gasteiger partial charge in [-0.3, -0.25) is 19.8 Å². The van der Waals surface area contributed by atoms with Crippen LogP contribution in [0.15, 0.2) is 35.9 Å². The first-order chi connectivity index (χ1) is 14.6. The lowest BCUT2D eigenvalue weighted by Gasteiger charge is -2.30. The molecule has 0 aliphatic carbocycles. The van der Waals surface area contributed by atoms with Gasteiger partial charge in [-0.25, -0.2) is 0 Å². The molecule has 6 nitrogen and oxygen atoms in total. The van der Waals surface area contributed by atoms with Gasteiger partial charge in [0.05, 0.1) is 22.5 Å². The van der Waals surface area contributed by atoms with Gasteiger partial charge in [-0.2, -0.15) is 0 Å². The fourth-order valence-electron chi connectivity index (χ4n) is 3.27. The number of thiocarbonyl (C=S) groups is 1. The van der Waals surface area contributed by atoms with Gasteiger partial charge in [0.25, 0.3) is 11.8 Å². The second kappa shape index (κ2) is 9.35. The van der Waals surface area contributed by atoms with E-state index in [1.807, 2.05) is 52.0 Å². The maximum Gasteiger partial charge on any atom is 0.270 e. The number of anilines is 1. The van der Waals surface area contributed by atoms with E-state index in [4.69, 9.17) is 21.7 Å². The van der Waals surface area contributed by atoms with Gasteiger partial charge in [0.1, 0.15) is 5.57 Å². The molecule has 0 spiro atoms. The van der Waals surface area contributed by atoms with Crippen molar-refractivity contribution in [2.45, 2.75) is 33.8 Å². The van der Waals surface area contributed by atoms with Crippen molar-refractivity contribution in [3.63, 3.8) is 0 Å². The molecule has 0 aromatic heterocycles. The summed E-state index contributed by atoms with van der Waals surface area (Å²) in [5.41, 5.74) is 3.23. The highest BCUT2D eigenvalue weighted by Crippen LogP contribution is 2.36. The monoisotopic (exact) mass is 550 g/mol. The number of methoxy groups -OCH3 is 1. The SMILES string of the molecule is COc1cc(/C=C2\C(=O)NC(=S)N(c3ccc(C)cc3C)C2=O)cc(I)c1OC(C)C. The van der Waals surface area contributed by atoms with Crippen LogP contribution in [0, 0.1) is 17.4 Å². The molecular weight excluding hydrogens is 527 g/mol. The van der Waals surface area contributed by atoms with Crippen LogP contribution >= 0.6 is 34.8 Å². The van der Waals surface area contributed by atoms with Crippen LogP contribution in [0.5, 0.6) is 11.5 Å². The first-order valence-electron chi connectivity index (χ1n) is 9.65. The number of rotatable bonds is 5. The van der Waals surface area contributed by atoms with Gasteiger partial charge >= 0.3 is 0 Å². The summed E-state index contributed by atoms with van der Waals surface area (Å²) in [6.07, 6.45) is 1.52. The number of carbonyl (C=O) groups excluding carboxylic acids is 2. The normalized spacial score (nSPS) is 15.5. The lowest BCUT2D eigenvalue weighted by atomic mass is 10.0. The van der Waals surface area contributed by atoms with E-state index in [0.717, 1.165) is 14.7 Å². The summed E-state index contributed by atoms with van der Waals surface area (Å²) in [5, 5.41) is 2.68. The second-order valence-electron chi connectivity index (χ2n) is 7.45. The number of benzene rings is 2. The Morgan fingerprint density at radius 3 is 2.48 bits per heavy atom. The van der Waals surface area contributed by atoms with E-state index in [1.54, 1.807) is 19.3 Å². The molecule has 2 amide bonds. The average Bonchev–Trinajstić information content (AvgIpc) is 2.68. The van der Waals surface area contributed by atoms with Crippen LogP contribution in [-0.2, 0) is 9.59 Å². The summed E-state index contributed by atoms with van der Waals surface area (Å²) < 4.78 is 12.1. The van der Waals surface area contributed by atoms with Crippen LogP contribution in [0.4, 0.5) is 5.69 Å². The van der Waals surface area contributed by atoms with Gasteiger partial charge in [0, 0.05) is 0 Å². The molecular formula is C23H23IN2O4S. The van der Waals surface area contributed by atoms with Crippen molar-refractivity contribution in [3.8, 4) is 11.5 Å². The Balaban J connectivity index is 2.05. The zero-order valence-corrected chi connectivity index (χ0v) is 20.9. The van der Waals surface area contributed by atoms with Crippen LogP contribution < -0.4 is 19.7 Å². The minimum absolute atomic E-state index is 0.0102. The lowest BCUT2D eigenvalue weighted by Crippen LogP contribution is -2.54. The number of hydrogen-bond donors (Lipinski definition) is 1. The molecule has 1 N–H and O–H groups in total. The fraction of sp³-hybridized carbons (Fsp3) is 0.261. The van der Waals surface area contributed by atoms with E-state index >= 15 is 0 Å². The van der Waals surface area contributed by atoms with Gasteiger partial charge in [-0.1, -0.05) is 17.7 Å². The van der Waals surface area contributed by atoms with Crippen LogP contribution in [0.1, 0.15) is 30.5 Å². The summed E-state index contributed by atoms with van der Waals surface area (Å²) in [5.74, 6) is 0.139. The molecule has 162 valence electrons. The first-order valence-corrected chi connectivity index (χ1v) is 11.1. The Morgan fingerprint density at radius 1 is 1.16 bits per heavy atom. The average molecular weight is 550 g/mol. The summed E-state index contributed by atoms with van der Waals surface area (Å²) in [4.78, 5) is 27.3. The van der Waals surface area contributed by atoms with Crippen molar-refractivity contribution in [1.82, 2.24) is 5.32 Å². The molecule has 1 fully saturated rings. The Morgan fingerprint density at radius 2 is 1.87 bits per heavy atom.